The Kier molecular flexibility index (Phi) is 4.18. The monoisotopic (exact) mass is 209 g/mol. The fourth-order valence-electron chi connectivity index (χ4n) is 2.99. The van der Waals surface area contributed by atoms with Crippen LogP contribution in [-0.2, 0) is 4.79 Å². The molecular weight excluding hydrogens is 186 g/mol. The molecule has 0 aromatic carbocycles. The first-order valence-electron chi connectivity index (χ1n) is 6.59. The molecule has 15 heavy (non-hydrogen) atoms. The fraction of sp³-hybridized carbons (Fsp3) is 0.923. The number of hydrogen-bond acceptors (Lipinski definition) is 2. The average molecular weight is 209 g/mol. The number of ketones is 1. The molecule has 0 aromatic heterocycles. The molecule has 0 atom stereocenters. The van der Waals surface area contributed by atoms with Crippen LogP contribution >= 0.6 is 0 Å². The van der Waals surface area contributed by atoms with Crippen LogP contribution in [0, 0.1) is 11.8 Å². The Labute approximate surface area is 92.8 Å². The van der Waals surface area contributed by atoms with Gasteiger partial charge in [0.15, 0.2) is 0 Å². The van der Waals surface area contributed by atoms with Gasteiger partial charge in [0.05, 0.1) is 0 Å². The number of rotatable bonds is 3. The van der Waals surface area contributed by atoms with E-state index in [4.69, 9.17) is 0 Å². The first kappa shape index (κ1) is 11.1. The van der Waals surface area contributed by atoms with Crippen molar-refractivity contribution in [3.8, 4) is 0 Å². The molecule has 2 fully saturated rings. The number of Topliss-reactive ketones (excluding diaryl/α,β-unsaturated/α-hetero) is 1. The van der Waals surface area contributed by atoms with E-state index in [9.17, 15) is 4.79 Å². The van der Waals surface area contributed by atoms with Gasteiger partial charge in [0.25, 0.3) is 0 Å². The van der Waals surface area contributed by atoms with Gasteiger partial charge >= 0.3 is 0 Å². The highest BCUT2D eigenvalue weighted by atomic mass is 16.1. The SMILES string of the molecule is O=C(CC1CCCCC1)C1CCNCC1. The number of carbonyl (C=O) groups is 1. The molecule has 1 heterocycles. The molecule has 1 N–H and O–H groups in total. The third-order valence-electron chi connectivity index (χ3n) is 4.01. The van der Waals surface area contributed by atoms with E-state index in [0.717, 1.165) is 38.3 Å². The lowest BCUT2D eigenvalue weighted by atomic mass is 9.81. The summed E-state index contributed by atoms with van der Waals surface area (Å²) in [5.41, 5.74) is 0. The van der Waals surface area contributed by atoms with Crippen LogP contribution in [0.2, 0.25) is 0 Å². The Morgan fingerprint density at radius 1 is 1.00 bits per heavy atom. The normalized spacial score (nSPS) is 25.3. The summed E-state index contributed by atoms with van der Waals surface area (Å²) in [4.78, 5) is 12.0. The second-order valence-electron chi connectivity index (χ2n) is 5.20. The minimum absolute atomic E-state index is 0.383. The molecule has 1 saturated heterocycles. The zero-order valence-electron chi connectivity index (χ0n) is 9.63. The molecule has 1 aliphatic heterocycles. The van der Waals surface area contributed by atoms with Gasteiger partial charge in [-0.1, -0.05) is 32.1 Å². The molecular formula is C13H23NO. The highest BCUT2D eigenvalue weighted by molar-refractivity contribution is 5.81. The Balaban J connectivity index is 1.74. The lowest BCUT2D eigenvalue weighted by Crippen LogP contribution is -2.32. The van der Waals surface area contributed by atoms with Crippen molar-refractivity contribution in [2.45, 2.75) is 51.4 Å². The van der Waals surface area contributed by atoms with Crippen molar-refractivity contribution in [1.82, 2.24) is 5.32 Å². The van der Waals surface area contributed by atoms with Crippen molar-refractivity contribution >= 4 is 5.78 Å². The molecule has 86 valence electrons. The molecule has 2 rings (SSSR count). The van der Waals surface area contributed by atoms with E-state index in [0.29, 0.717) is 11.7 Å². The van der Waals surface area contributed by atoms with E-state index >= 15 is 0 Å². The van der Waals surface area contributed by atoms with Crippen LogP contribution in [0.15, 0.2) is 0 Å². The van der Waals surface area contributed by atoms with Crippen molar-refractivity contribution in [1.29, 1.82) is 0 Å². The van der Waals surface area contributed by atoms with E-state index in [-0.39, 0.29) is 0 Å². The lowest BCUT2D eigenvalue weighted by Gasteiger charge is -2.25. The molecule has 0 radical (unpaired) electrons. The van der Waals surface area contributed by atoms with E-state index in [1.165, 1.54) is 32.1 Å². The molecule has 2 heteroatoms. The smallest absolute Gasteiger partial charge is 0.136 e. The summed E-state index contributed by atoms with van der Waals surface area (Å²) in [6.45, 7) is 2.09. The van der Waals surface area contributed by atoms with Crippen molar-refractivity contribution in [3.63, 3.8) is 0 Å². The number of nitrogens with one attached hydrogen (secondary N) is 1. The van der Waals surface area contributed by atoms with E-state index in [1.807, 2.05) is 0 Å². The average Bonchev–Trinajstić information content (AvgIpc) is 2.31. The van der Waals surface area contributed by atoms with Crippen LogP contribution in [0.4, 0.5) is 0 Å². The first-order valence-corrected chi connectivity index (χ1v) is 6.59. The minimum Gasteiger partial charge on any atom is -0.317 e. The Bertz CT molecular complexity index is 203. The molecule has 2 nitrogen and oxygen atoms in total. The van der Waals surface area contributed by atoms with Gasteiger partial charge in [-0.25, -0.2) is 0 Å². The number of piperidine rings is 1. The van der Waals surface area contributed by atoms with Gasteiger partial charge in [-0.15, -0.1) is 0 Å². The van der Waals surface area contributed by atoms with E-state index < -0.39 is 0 Å². The predicted molar refractivity (Wildman–Crippen MR) is 61.8 cm³/mol. The maximum atomic E-state index is 12.0. The molecule has 0 spiro atoms. The maximum Gasteiger partial charge on any atom is 0.136 e. The van der Waals surface area contributed by atoms with E-state index in [2.05, 4.69) is 5.32 Å². The van der Waals surface area contributed by atoms with Gasteiger partial charge in [-0.05, 0) is 31.8 Å². The maximum absolute atomic E-state index is 12.0. The summed E-state index contributed by atoms with van der Waals surface area (Å²) < 4.78 is 0. The van der Waals surface area contributed by atoms with Crippen LogP contribution < -0.4 is 5.32 Å². The molecule has 2 aliphatic rings. The van der Waals surface area contributed by atoms with Crippen LogP contribution in [0.3, 0.4) is 0 Å². The summed E-state index contributed by atoms with van der Waals surface area (Å²) in [5.74, 6) is 1.66. The number of hydrogen-bond donors (Lipinski definition) is 1. The topological polar surface area (TPSA) is 29.1 Å². The Morgan fingerprint density at radius 3 is 2.33 bits per heavy atom. The second-order valence-corrected chi connectivity index (χ2v) is 5.20. The molecule has 0 amide bonds. The van der Waals surface area contributed by atoms with Gasteiger partial charge in [0.2, 0.25) is 0 Å². The summed E-state index contributed by atoms with van der Waals surface area (Å²) in [5, 5.41) is 3.32. The number of carbonyl (C=O) groups excluding carboxylic acids is 1. The lowest BCUT2D eigenvalue weighted by molar-refractivity contribution is -0.124. The predicted octanol–water partition coefficient (Wildman–Crippen LogP) is 2.53. The second kappa shape index (κ2) is 5.64. The molecule has 0 bridgehead atoms. The third kappa shape index (κ3) is 3.30. The van der Waals surface area contributed by atoms with Crippen molar-refractivity contribution in [3.05, 3.63) is 0 Å². The molecule has 1 saturated carbocycles. The van der Waals surface area contributed by atoms with Gasteiger partial charge < -0.3 is 5.32 Å². The summed E-state index contributed by atoms with van der Waals surface area (Å²) in [7, 11) is 0. The van der Waals surface area contributed by atoms with Crippen molar-refractivity contribution in [2.24, 2.45) is 11.8 Å². The highest BCUT2D eigenvalue weighted by Gasteiger charge is 2.24. The van der Waals surface area contributed by atoms with Crippen LogP contribution in [0.1, 0.15) is 51.4 Å². The molecule has 1 aliphatic carbocycles. The van der Waals surface area contributed by atoms with Gasteiger partial charge in [-0.3, -0.25) is 4.79 Å². The summed E-state index contributed by atoms with van der Waals surface area (Å²) in [6, 6.07) is 0. The van der Waals surface area contributed by atoms with Gasteiger partial charge in [0.1, 0.15) is 5.78 Å². The van der Waals surface area contributed by atoms with E-state index in [1.54, 1.807) is 0 Å². The van der Waals surface area contributed by atoms with Crippen LogP contribution in [0.25, 0.3) is 0 Å². The van der Waals surface area contributed by atoms with Crippen LogP contribution in [-0.4, -0.2) is 18.9 Å². The Hall–Kier alpha value is -0.370. The van der Waals surface area contributed by atoms with Crippen LogP contribution in [0.5, 0.6) is 0 Å². The van der Waals surface area contributed by atoms with Gasteiger partial charge in [0, 0.05) is 12.3 Å². The van der Waals surface area contributed by atoms with Crippen molar-refractivity contribution < 1.29 is 4.79 Å². The van der Waals surface area contributed by atoms with Gasteiger partial charge in [-0.2, -0.15) is 0 Å². The summed E-state index contributed by atoms with van der Waals surface area (Å²) >= 11 is 0. The minimum atomic E-state index is 0.383. The zero-order chi connectivity index (χ0) is 10.5. The quantitative estimate of drug-likeness (QED) is 0.774. The third-order valence-corrected chi connectivity index (χ3v) is 4.01. The standard InChI is InChI=1S/C13H23NO/c15-13(12-6-8-14-9-7-12)10-11-4-2-1-3-5-11/h11-12,14H,1-10H2. The molecule has 0 aromatic rings. The fourth-order valence-corrected chi connectivity index (χ4v) is 2.99. The Morgan fingerprint density at radius 2 is 1.67 bits per heavy atom. The van der Waals surface area contributed by atoms with Crippen molar-refractivity contribution in [2.75, 3.05) is 13.1 Å². The first-order chi connectivity index (χ1) is 7.36. The summed E-state index contributed by atoms with van der Waals surface area (Å²) in [6.07, 6.45) is 9.72. The molecule has 0 unspecified atom stereocenters. The zero-order valence-corrected chi connectivity index (χ0v) is 9.63. The highest BCUT2D eigenvalue weighted by Crippen LogP contribution is 2.28. The largest absolute Gasteiger partial charge is 0.317 e.